The summed E-state index contributed by atoms with van der Waals surface area (Å²) in [5, 5.41) is 0. The second kappa shape index (κ2) is 6.73. The van der Waals surface area contributed by atoms with Crippen molar-refractivity contribution in [1.29, 1.82) is 0 Å². The predicted octanol–water partition coefficient (Wildman–Crippen LogP) is 1.77. The molecule has 6 nitrogen and oxygen atoms in total. The second-order valence-electron chi connectivity index (χ2n) is 6.81. The van der Waals surface area contributed by atoms with Crippen LogP contribution in [0.25, 0.3) is 0 Å². The van der Waals surface area contributed by atoms with Crippen LogP contribution >= 0.6 is 0 Å². The van der Waals surface area contributed by atoms with Gasteiger partial charge in [-0.3, -0.25) is 0 Å². The van der Waals surface area contributed by atoms with E-state index in [0.717, 1.165) is 51.4 Å². The molecule has 0 aromatic rings. The number of nitrogens with zero attached hydrogens (tertiary/aromatic N) is 1. The number of hydrogen-bond acceptors (Lipinski definition) is 4. The average Bonchev–Trinajstić information content (AvgIpc) is 2.98. The Bertz CT molecular complexity index is 460. The number of nitrogens with one attached hydrogen (secondary N) is 1. The van der Waals surface area contributed by atoms with Crippen molar-refractivity contribution in [3.8, 4) is 0 Å². The Morgan fingerprint density at radius 3 is 2.18 bits per heavy atom. The van der Waals surface area contributed by atoms with Crippen LogP contribution in [0.3, 0.4) is 0 Å². The van der Waals surface area contributed by atoms with Crippen molar-refractivity contribution >= 4 is 10.2 Å². The Morgan fingerprint density at radius 1 is 1.00 bits per heavy atom. The second-order valence-corrected chi connectivity index (χ2v) is 8.57. The van der Waals surface area contributed by atoms with Crippen LogP contribution in [-0.2, 0) is 19.7 Å². The van der Waals surface area contributed by atoms with E-state index in [2.05, 4.69) is 4.72 Å². The standard InChI is InChI=1S/C15H28N2O4S/c1-17(14-5-3-2-4-6-14)22(18,19)16-13-7-9-15(10-8-13)20-11-12-21-15/h13-14,16H,2-12H2,1H3. The first-order valence-electron chi connectivity index (χ1n) is 8.54. The highest BCUT2D eigenvalue weighted by molar-refractivity contribution is 7.87. The molecule has 2 saturated carbocycles. The maximum atomic E-state index is 12.6. The van der Waals surface area contributed by atoms with Crippen molar-refractivity contribution in [1.82, 2.24) is 9.03 Å². The normalized spacial score (nSPS) is 27.7. The van der Waals surface area contributed by atoms with Gasteiger partial charge in [0.05, 0.1) is 13.2 Å². The molecule has 22 heavy (non-hydrogen) atoms. The lowest BCUT2D eigenvalue weighted by molar-refractivity contribution is -0.178. The first-order chi connectivity index (χ1) is 10.5. The quantitative estimate of drug-likeness (QED) is 0.852. The Morgan fingerprint density at radius 2 is 1.59 bits per heavy atom. The van der Waals surface area contributed by atoms with Gasteiger partial charge < -0.3 is 9.47 Å². The van der Waals surface area contributed by atoms with Crippen LogP contribution in [0.2, 0.25) is 0 Å². The zero-order chi connectivity index (χ0) is 15.6. The summed E-state index contributed by atoms with van der Waals surface area (Å²) >= 11 is 0. The van der Waals surface area contributed by atoms with Crippen LogP contribution in [0.15, 0.2) is 0 Å². The van der Waals surface area contributed by atoms with Crippen LogP contribution in [0.5, 0.6) is 0 Å². The Balaban J connectivity index is 1.53. The SMILES string of the molecule is CN(C1CCCCC1)S(=O)(=O)NC1CCC2(CC1)OCCO2. The van der Waals surface area contributed by atoms with E-state index in [1.165, 1.54) is 6.42 Å². The van der Waals surface area contributed by atoms with Crippen molar-refractivity contribution in [3.05, 3.63) is 0 Å². The highest BCUT2D eigenvalue weighted by Gasteiger charge is 2.41. The lowest BCUT2D eigenvalue weighted by Crippen LogP contribution is -2.50. The lowest BCUT2D eigenvalue weighted by Gasteiger charge is -2.37. The molecule has 3 rings (SSSR count). The minimum atomic E-state index is -3.39. The highest BCUT2D eigenvalue weighted by atomic mass is 32.2. The third kappa shape index (κ3) is 3.64. The first-order valence-corrected chi connectivity index (χ1v) is 9.98. The molecule has 3 aliphatic rings. The third-order valence-electron chi connectivity index (χ3n) is 5.34. The molecule has 1 spiro atoms. The third-order valence-corrected chi connectivity index (χ3v) is 7.03. The summed E-state index contributed by atoms with van der Waals surface area (Å²) in [4.78, 5) is 0. The zero-order valence-corrected chi connectivity index (χ0v) is 14.2. The number of rotatable bonds is 4. The maximum absolute atomic E-state index is 12.6. The lowest BCUT2D eigenvalue weighted by atomic mass is 9.91. The molecule has 1 heterocycles. The molecule has 0 aromatic heterocycles. The smallest absolute Gasteiger partial charge is 0.279 e. The molecule has 2 aliphatic carbocycles. The van der Waals surface area contributed by atoms with E-state index in [1.807, 2.05) is 0 Å². The van der Waals surface area contributed by atoms with Gasteiger partial charge in [0.25, 0.3) is 10.2 Å². The molecule has 128 valence electrons. The van der Waals surface area contributed by atoms with E-state index in [0.29, 0.717) is 13.2 Å². The molecular weight excluding hydrogens is 304 g/mol. The highest BCUT2D eigenvalue weighted by Crippen LogP contribution is 2.36. The maximum Gasteiger partial charge on any atom is 0.279 e. The zero-order valence-electron chi connectivity index (χ0n) is 13.4. The molecule has 0 atom stereocenters. The first kappa shape index (κ1) is 16.6. The van der Waals surface area contributed by atoms with Crippen LogP contribution in [0, 0.1) is 0 Å². The fourth-order valence-corrected chi connectivity index (χ4v) is 5.32. The summed E-state index contributed by atoms with van der Waals surface area (Å²) in [5.74, 6) is -0.433. The molecule has 0 unspecified atom stereocenters. The van der Waals surface area contributed by atoms with Gasteiger partial charge >= 0.3 is 0 Å². The summed E-state index contributed by atoms with van der Waals surface area (Å²) in [6, 6.07) is 0.150. The van der Waals surface area contributed by atoms with E-state index in [4.69, 9.17) is 9.47 Å². The van der Waals surface area contributed by atoms with Gasteiger partial charge in [0, 0.05) is 32.0 Å². The minimum Gasteiger partial charge on any atom is -0.348 e. The number of ether oxygens (including phenoxy) is 2. The fourth-order valence-electron chi connectivity index (χ4n) is 3.90. The Labute approximate surface area is 133 Å². The molecule has 3 fully saturated rings. The van der Waals surface area contributed by atoms with Gasteiger partial charge in [0.2, 0.25) is 0 Å². The molecule has 0 bridgehead atoms. The molecule has 7 heteroatoms. The molecule has 1 aliphatic heterocycles. The van der Waals surface area contributed by atoms with Crippen LogP contribution in [-0.4, -0.2) is 50.9 Å². The van der Waals surface area contributed by atoms with Gasteiger partial charge in [-0.1, -0.05) is 19.3 Å². The summed E-state index contributed by atoms with van der Waals surface area (Å²) in [6.45, 7) is 1.31. The van der Waals surface area contributed by atoms with E-state index < -0.39 is 16.0 Å². The van der Waals surface area contributed by atoms with Gasteiger partial charge in [-0.2, -0.15) is 17.4 Å². The monoisotopic (exact) mass is 332 g/mol. The molecule has 1 N–H and O–H groups in total. The Kier molecular flexibility index (Phi) is 5.09. The summed E-state index contributed by atoms with van der Waals surface area (Å²) in [5.41, 5.74) is 0. The minimum absolute atomic E-state index is 0.00512. The van der Waals surface area contributed by atoms with Crippen molar-refractivity contribution < 1.29 is 17.9 Å². The molecule has 1 saturated heterocycles. The predicted molar refractivity (Wildman–Crippen MR) is 83.6 cm³/mol. The van der Waals surface area contributed by atoms with E-state index in [9.17, 15) is 8.42 Å². The van der Waals surface area contributed by atoms with Crippen molar-refractivity contribution in [2.45, 2.75) is 75.7 Å². The van der Waals surface area contributed by atoms with Crippen LogP contribution < -0.4 is 4.72 Å². The van der Waals surface area contributed by atoms with Gasteiger partial charge in [0.15, 0.2) is 5.79 Å². The Hall–Kier alpha value is -0.210. The average molecular weight is 332 g/mol. The van der Waals surface area contributed by atoms with E-state index in [-0.39, 0.29) is 12.1 Å². The largest absolute Gasteiger partial charge is 0.348 e. The van der Waals surface area contributed by atoms with Crippen molar-refractivity contribution in [2.75, 3.05) is 20.3 Å². The van der Waals surface area contributed by atoms with Gasteiger partial charge in [-0.25, -0.2) is 0 Å². The van der Waals surface area contributed by atoms with Gasteiger partial charge in [-0.05, 0) is 25.7 Å². The van der Waals surface area contributed by atoms with Gasteiger partial charge in [0.1, 0.15) is 0 Å². The van der Waals surface area contributed by atoms with E-state index in [1.54, 1.807) is 11.4 Å². The fraction of sp³-hybridized carbons (Fsp3) is 1.00. The number of hydrogen-bond donors (Lipinski definition) is 1. The van der Waals surface area contributed by atoms with Crippen LogP contribution in [0.4, 0.5) is 0 Å². The summed E-state index contributed by atoms with van der Waals surface area (Å²) < 4.78 is 41.0. The van der Waals surface area contributed by atoms with Crippen molar-refractivity contribution in [2.24, 2.45) is 0 Å². The molecule has 0 amide bonds. The molecule has 0 radical (unpaired) electrons. The van der Waals surface area contributed by atoms with E-state index >= 15 is 0 Å². The summed E-state index contributed by atoms with van der Waals surface area (Å²) in [7, 11) is -1.68. The molecule has 0 aromatic carbocycles. The topological polar surface area (TPSA) is 67.9 Å². The van der Waals surface area contributed by atoms with Gasteiger partial charge in [-0.15, -0.1) is 0 Å². The van der Waals surface area contributed by atoms with Crippen molar-refractivity contribution in [3.63, 3.8) is 0 Å². The summed E-state index contributed by atoms with van der Waals surface area (Å²) in [6.07, 6.45) is 8.54. The molecular formula is C15H28N2O4S. The van der Waals surface area contributed by atoms with Crippen LogP contribution in [0.1, 0.15) is 57.8 Å².